The Morgan fingerprint density at radius 2 is 1.09 bits per heavy atom. The highest BCUT2D eigenvalue weighted by atomic mass is 16.7. The van der Waals surface area contributed by atoms with Gasteiger partial charge in [-0.15, -0.1) is 0 Å². The van der Waals surface area contributed by atoms with Crippen LogP contribution in [0.15, 0.2) is 164 Å². The molecule has 13 heteroatoms. The Morgan fingerprint density at radius 3 is 1.57 bits per heavy atom. The average molecular weight is 905 g/mol. The van der Waals surface area contributed by atoms with E-state index >= 15 is 0 Å². The summed E-state index contributed by atoms with van der Waals surface area (Å²) < 4.78 is 49.3. The molecule has 0 bridgehead atoms. The number of esters is 5. The van der Waals surface area contributed by atoms with Crippen molar-refractivity contribution in [3.8, 4) is 11.5 Å². The van der Waals surface area contributed by atoms with Crippen LogP contribution in [0.25, 0.3) is 6.08 Å². The third-order valence-electron chi connectivity index (χ3n) is 10.8. The van der Waals surface area contributed by atoms with E-state index in [4.69, 9.17) is 37.9 Å². The van der Waals surface area contributed by atoms with Gasteiger partial charge in [-0.3, -0.25) is 4.79 Å². The zero-order chi connectivity index (χ0) is 47.3. The fourth-order valence-corrected chi connectivity index (χ4v) is 7.42. The molecule has 6 atom stereocenters. The standard InChI is InChI=1S/C54H48O13/c1-5-38-30-37(33-61-35(3)55)32-45(44(38)31-36-26-28-43(60-4)29-27-36)63-54-49(66-53(59)42-24-16-9-17-25-42)48(65-52(58)41-22-14-8-15-23-41)47(64-51(57)40-20-12-7-13-21-40)46(67-54)34(2)62-50(56)39-18-10-6-11-19-39/h5-30,32,34,46-49,54H,1,31,33H2,2-4H3/t34-,46-,47-,48+,49-,54-/m1/s1. The zero-order valence-electron chi connectivity index (χ0n) is 37.0. The van der Waals surface area contributed by atoms with Crippen LogP contribution in [0.4, 0.5) is 0 Å². The summed E-state index contributed by atoms with van der Waals surface area (Å²) in [4.78, 5) is 68.3. The van der Waals surface area contributed by atoms with E-state index in [-0.39, 0.29) is 41.0 Å². The molecule has 0 amide bonds. The number of ether oxygens (including phenoxy) is 8. The molecule has 6 aromatic rings. The SMILES string of the molecule is C=Cc1cc(COC(C)=O)cc(O[C@@H]2O[C@H]([C@@H](C)OC(=O)c3ccccc3)[C@@H](OC(=O)c3ccccc3)[C@H](OC(=O)c3ccccc3)[C@H]2OC(=O)c2ccccc2)c1Cc1ccc(OC)cc1. The highest BCUT2D eigenvalue weighted by Crippen LogP contribution is 2.37. The monoisotopic (exact) mass is 904 g/mol. The molecule has 1 heterocycles. The number of carbonyl (C=O) groups is 5. The quantitative estimate of drug-likeness (QED) is 0.0631. The van der Waals surface area contributed by atoms with Crippen molar-refractivity contribution in [1.82, 2.24) is 0 Å². The van der Waals surface area contributed by atoms with E-state index < -0.39 is 66.7 Å². The van der Waals surface area contributed by atoms with Gasteiger partial charge in [0.15, 0.2) is 12.2 Å². The van der Waals surface area contributed by atoms with Crippen molar-refractivity contribution in [3.63, 3.8) is 0 Å². The van der Waals surface area contributed by atoms with Crippen LogP contribution in [0.3, 0.4) is 0 Å². The normalized spacial score (nSPS) is 18.0. The fraction of sp³-hybridized carbons (Fsp3) is 0.204. The molecule has 6 aromatic carbocycles. The number of hydrogen-bond donors (Lipinski definition) is 0. The highest BCUT2D eigenvalue weighted by Gasteiger charge is 2.56. The molecule has 0 radical (unpaired) electrons. The molecule has 342 valence electrons. The average Bonchev–Trinajstić information content (AvgIpc) is 3.36. The van der Waals surface area contributed by atoms with Crippen LogP contribution in [0.5, 0.6) is 11.5 Å². The maximum Gasteiger partial charge on any atom is 0.338 e. The predicted octanol–water partition coefficient (Wildman–Crippen LogP) is 9.02. The van der Waals surface area contributed by atoms with Crippen molar-refractivity contribution >= 4 is 35.9 Å². The molecule has 1 aliphatic heterocycles. The Kier molecular flexibility index (Phi) is 15.6. The largest absolute Gasteiger partial charge is 0.497 e. The van der Waals surface area contributed by atoms with Gasteiger partial charge in [0.2, 0.25) is 12.4 Å². The Bertz CT molecular complexity index is 2650. The topological polar surface area (TPSA) is 159 Å². The molecule has 0 aromatic heterocycles. The van der Waals surface area contributed by atoms with E-state index in [2.05, 4.69) is 6.58 Å². The minimum atomic E-state index is -1.68. The maximum atomic E-state index is 14.2. The Labute approximate surface area is 387 Å². The number of benzene rings is 6. The van der Waals surface area contributed by atoms with Gasteiger partial charge in [0.25, 0.3) is 0 Å². The van der Waals surface area contributed by atoms with Crippen molar-refractivity contribution < 1.29 is 61.9 Å². The fourth-order valence-electron chi connectivity index (χ4n) is 7.42. The molecular weight excluding hydrogens is 857 g/mol. The smallest absolute Gasteiger partial charge is 0.338 e. The minimum absolute atomic E-state index is 0.128. The van der Waals surface area contributed by atoms with E-state index in [1.54, 1.807) is 110 Å². The first-order valence-electron chi connectivity index (χ1n) is 21.4. The maximum absolute atomic E-state index is 14.2. The molecular formula is C54H48O13. The van der Waals surface area contributed by atoms with Gasteiger partial charge in [0.05, 0.1) is 29.4 Å². The van der Waals surface area contributed by atoms with E-state index in [1.165, 1.54) is 50.2 Å². The van der Waals surface area contributed by atoms with Gasteiger partial charge in [0, 0.05) is 18.9 Å². The summed E-state index contributed by atoms with van der Waals surface area (Å²) in [5.41, 5.74) is 3.19. The van der Waals surface area contributed by atoms with Crippen LogP contribution < -0.4 is 9.47 Å². The lowest BCUT2D eigenvalue weighted by molar-refractivity contribution is -0.284. The zero-order valence-corrected chi connectivity index (χ0v) is 37.0. The molecule has 1 aliphatic rings. The predicted molar refractivity (Wildman–Crippen MR) is 245 cm³/mol. The number of carbonyl (C=O) groups excluding carboxylic acids is 5. The summed E-state index contributed by atoms with van der Waals surface area (Å²) in [5.74, 6) is -2.98. The van der Waals surface area contributed by atoms with Gasteiger partial charge >= 0.3 is 29.8 Å². The van der Waals surface area contributed by atoms with Crippen LogP contribution in [0, 0.1) is 0 Å². The van der Waals surface area contributed by atoms with Crippen molar-refractivity contribution in [2.75, 3.05) is 7.11 Å². The first kappa shape index (κ1) is 46.9. The van der Waals surface area contributed by atoms with E-state index in [9.17, 15) is 24.0 Å². The third-order valence-corrected chi connectivity index (χ3v) is 10.8. The number of rotatable bonds is 17. The molecule has 0 N–H and O–H groups in total. The van der Waals surface area contributed by atoms with Crippen molar-refractivity contribution in [3.05, 3.63) is 209 Å². The van der Waals surface area contributed by atoms with Gasteiger partial charge in [-0.1, -0.05) is 97.6 Å². The summed E-state index contributed by atoms with van der Waals surface area (Å²) in [6.07, 6.45) is -7.43. The summed E-state index contributed by atoms with van der Waals surface area (Å²) in [6.45, 7) is 6.73. The summed E-state index contributed by atoms with van der Waals surface area (Å²) in [7, 11) is 1.57. The summed E-state index contributed by atoms with van der Waals surface area (Å²) >= 11 is 0. The van der Waals surface area contributed by atoms with Gasteiger partial charge in [-0.05, 0) is 96.4 Å². The second kappa shape index (κ2) is 22.2. The van der Waals surface area contributed by atoms with Crippen LogP contribution in [-0.4, -0.2) is 73.8 Å². The van der Waals surface area contributed by atoms with Crippen LogP contribution in [-0.2, 0) is 46.2 Å². The Hall–Kier alpha value is -8.03. The lowest BCUT2D eigenvalue weighted by atomic mass is 9.94. The second-order valence-electron chi connectivity index (χ2n) is 15.4. The van der Waals surface area contributed by atoms with Crippen LogP contribution >= 0.6 is 0 Å². The van der Waals surface area contributed by atoms with Gasteiger partial charge in [-0.2, -0.15) is 0 Å². The van der Waals surface area contributed by atoms with Crippen molar-refractivity contribution in [2.45, 2.75) is 63.7 Å². The molecule has 13 nitrogen and oxygen atoms in total. The Balaban J connectivity index is 1.40. The first-order valence-corrected chi connectivity index (χ1v) is 21.4. The summed E-state index contributed by atoms with van der Waals surface area (Å²) in [5, 5.41) is 0. The highest BCUT2D eigenvalue weighted by molar-refractivity contribution is 5.91. The lowest BCUT2D eigenvalue weighted by Crippen LogP contribution is -2.65. The lowest BCUT2D eigenvalue weighted by Gasteiger charge is -2.45. The molecule has 67 heavy (non-hydrogen) atoms. The molecule has 1 fully saturated rings. The van der Waals surface area contributed by atoms with E-state index in [1.807, 2.05) is 24.3 Å². The van der Waals surface area contributed by atoms with Crippen molar-refractivity contribution in [2.24, 2.45) is 0 Å². The summed E-state index contributed by atoms with van der Waals surface area (Å²) in [6, 6.07) is 43.3. The van der Waals surface area contributed by atoms with Crippen molar-refractivity contribution in [1.29, 1.82) is 0 Å². The van der Waals surface area contributed by atoms with Gasteiger partial charge in [-0.25, -0.2) is 19.2 Å². The molecule has 0 aliphatic carbocycles. The van der Waals surface area contributed by atoms with E-state index in [0.717, 1.165) is 5.56 Å². The molecule has 7 rings (SSSR count). The van der Waals surface area contributed by atoms with Crippen LogP contribution in [0.2, 0.25) is 0 Å². The van der Waals surface area contributed by atoms with Crippen LogP contribution in [0.1, 0.15) is 77.5 Å². The second-order valence-corrected chi connectivity index (χ2v) is 15.4. The molecule has 0 unspecified atom stereocenters. The van der Waals surface area contributed by atoms with Gasteiger partial charge < -0.3 is 37.9 Å². The van der Waals surface area contributed by atoms with E-state index in [0.29, 0.717) is 22.4 Å². The number of methoxy groups -OCH3 is 1. The Morgan fingerprint density at radius 1 is 0.612 bits per heavy atom. The minimum Gasteiger partial charge on any atom is -0.497 e. The molecule has 0 saturated carbocycles. The third kappa shape index (κ3) is 12.0. The number of hydrogen-bond acceptors (Lipinski definition) is 13. The molecule has 0 spiro atoms. The first-order chi connectivity index (χ1) is 32.5. The molecule has 1 saturated heterocycles. The van der Waals surface area contributed by atoms with Gasteiger partial charge in [0.1, 0.15) is 30.3 Å².